The van der Waals surface area contributed by atoms with E-state index in [1.165, 1.54) is 66.8 Å². The summed E-state index contributed by atoms with van der Waals surface area (Å²) in [6, 6.07) is 58.1. The molecule has 12 aromatic carbocycles. The Kier molecular flexibility index (Phi) is 15.2. The summed E-state index contributed by atoms with van der Waals surface area (Å²) in [7, 11) is -5.15. The molecule has 91 heavy (non-hydrogen) atoms. The van der Waals surface area contributed by atoms with Gasteiger partial charge in [0.25, 0.3) is 0 Å². The number of benzene rings is 12. The molecule has 0 bridgehead atoms. The minimum Gasteiger partial charge on any atom is -0.394 e. The molecule has 13 rings (SSSR count). The highest BCUT2D eigenvalue weighted by molar-refractivity contribution is 7.48. The van der Waals surface area contributed by atoms with Gasteiger partial charge in [0, 0.05) is 33.4 Å². The van der Waals surface area contributed by atoms with Crippen LogP contribution in [-0.4, -0.2) is 4.89 Å². The van der Waals surface area contributed by atoms with Crippen LogP contribution in [0.5, 0.6) is 11.5 Å². The Morgan fingerprint density at radius 1 is 0.253 bits per heavy atom. The summed E-state index contributed by atoms with van der Waals surface area (Å²) >= 11 is 0. The summed E-state index contributed by atoms with van der Waals surface area (Å²) in [5.41, 5.74) is 38.4. The topological polar surface area (TPSA) is 55.8 Å². The summed E-state index contributed by atoms with van der Waals surface area (Å²) in [5.74, 6) is 0.565. The van der Waals surface area contributed by atoms with E-state index in [-0.39, 0.29) is 11.5 Å². The fraction of sp³-hybridized carbons (Fsp3) is 0.209. The van der Waals surface area contributed by atoms with Crippen LogP contribution in [0.4, 0.5) is 0 Å². The lowest BCUT2D eigenvalue weighted by Gasteiger charge is -2.27. The molecular weight excluding hydrogens is 1130 g/mol. The van der Waals surface area contributed by atoms with Gasteiger partial charge in [-0.15, -0.1) is 0 Å². The largest absolute Gasteiger partial charge is 0.584 e. The molecule has 0 radical (unpaired) electrons. The molecule has 12 aromatic rings. The van der Waals surface area contributed by atoms with Gasteiger partial charge >= 0.3 is 7.82 Å². The first-order valence-electron chi connectivity index (χ1n) is 32.0. The van der Waals surface area contributed by atoms with Crippen LogP contribution < -0.4 is 9.05 Å². The third kappa shape index (κ3) is 10.5. The second-order valence-corrected chi connectivity index (χ2v) is 28.2. The van der Waals surface area contributed by atoms with Gasteiger partial charge in [0.1, 0.15) is 11.5 Å². The highest BCUT2D eigenvalue weighted by Gasteiger charge is 2.40. The van der Waals surface area contributed by atoms with Gasteiger partial charge in [-0.1, -0.05) is 155 Å². The van der Waals surface area contributed by atoms with E-state index in [9.17, 15) is 4.89 Å². The van der Waals surface area contributed by atoms with Crippen molar-refractivity contribution in [3.63, 3.8) is 0 Å². The van der Waals surface area contributed by atoms with Gasteiger partial charge in [-0.2, -0.15) is 0 Å². The van der Waals surface area contributed by atoms with E-state index < -0.39 is 7.82 Å². The number of phosphoric acid groups is 1. The lowest BCUT2D eigenvalue weighted by molar-refractivity contribution is 0.295. The molecule has 0 spiro atoms. The van der Waals surface area contributed by atoms with Gasteiger partial charge in [-0.25, -0.2) is 4.57 Å². The van der Waals surface area contributed by atoms with Gasteiger partial charge in [0.2, 0.25) is 0 Å². The first kappa shape index (κ1) is 60.8. The zero-order valence-electron chi connectivity index (χ0n) is 56.1. The van der Waals surface area contributed by atoms with E-state index in [0.717, 1.165) is 133 Å². The lowest BCUT2D eigenvalue weighted by Crippen LogP contribution is -2.04. The van der Waals surface area contributed by atoms with Crippen molar-refractivity contribution in [1.29, 1.82) is 0 Å². The van der Waals surface area contributed by atoms with Gasteiger partial charge in [0.05, 0.1) is 0 Å². The number of hydrogen-bond donors (Lipinski definition) is 1. The Morgan fingerprint density at radius 2 is 0.473 bits per heavy atom. The van der Waals surface area contributed by atoms with Crippen molar-refractivity contribution in [2.75, 3.05) is 0 Å². The predicted octanol–water partition coefficient (Wildman–Crippen LogP) is 24.4. The average molecular weight is 1210 g/mol. The molecule has 0 aromatic heterocycles. The molecule has 1 aliphatic heterocycles. The molecule has 0 unspecified atom stereocenters. The van der Waals surface area contributed by atoms with Crippen molar-refractivity contribution in [3.05, 3.63) is 258 Å². The molecule has 0 saturated heterocycles. The highest BCUT2D eigenvalue weighted by atomic mass is 31.2. The normalized spacial score (nSPS) is 12.6. The summed E-state index contributed by atoms with van der Waals surface area (Å²) in [6.07, 6.45) is 0. The second kappa shape index (κ2) is 22.7. The zero-order valence-corrected chi connectivity index (χ0v) is 57.0. The number of hydrogen-bond acceptors (Lipinski definition) is 3. The van der Waals surface area contributed by atoms with Crippen molar-refractivity contribution >= 4 is 29.4 Å². The number of fused-ring (bicyclic) bond motifs is 7. The van der Waals surface area contributed by atoms with Crippen LogP contribution in [0, 0.1) is 125 Å². The first-order valence-corrected chi connectivity index (χ1v) is 33.4. The van der Waals surface area contributed by atoms with E-state index >= 15 is 4.57 Å². The molecule has 0 amide bonds. The van der Waals surface area contributed by atoms with Gasteiger partial charge < -0.3 is 9.05 Å². The fourth-order valence-corrected chi connectivity index (χ4v) is 17.5. The number of phosphoric ester groups is 1. The Labute approximate surface area is 538 Å². The number of rotatable bonds is 8. The standard InChI is InChI=1S/C86H81O4P/c1-45-27-51(7)75(52(8)28-45)65-41-69(77-55(11)31-47(3)32-56(77)12)81(70(42-65)78-57(13)33-48(4)34-58(78)14)73-39-63-23-19-21-25-67(63)83-84-68-26-22-20-24-64(68)40-74(86(84)90-91(87,88)89-85(73)83)82-71(79-59(15)35-49(5)36-60(79)16)43-66(76-53(9)29-46(2)30-54(76)10)44-72(82)80-61(17)37-50(6)38-62(80)18/h19-44H,1-18H3,(H,87,88). The van der Waals surface area contributed by atoms with E-state index in [1.807, 2.05) is 0 Å². The van der Waals surface area contributed by atoms with Crippen LogP contribution in [0.1, 0.15) is 100 Å². The summed E-state index contributed by atoms with van der Waals surface area (Å²) in [6.45, 7) is 39.6. The smallest absolute Gasteiger partial charge is 0.394 e. The monoisotopic (exact) mass is 1210 g/mol. The maximum absolute atomic E-state index is 16.2. The molecule has 0 fully saturated rings. The van der Waals surface area contributed by atoms with Crippen molar-refractivity contribution in [3.8, 4) is 112 Å². The SMILES string of the molecule is Cc1cc(C)c(-c2cc(-c3c(C)cc(C)cc3C)c(-c3cc4ccccc4c4c3OP(=O)(O)Oc3c(-c5c(-c6c(C)cc(C)cc6C)cc(-c6c(C)cc(C)cc6C)cc5-c5c(C)cc(C)cc5C)cc5ccccc5c3-4)c(-c3c(C)cc(C)cc3C)c2)c(C)c1. The molecule has 0 atom stereocenters. The predicted molar refractivity (Wildman–Crippen MR) is 387 cm³/mol. The molecular formula is C86H81O4P. The molecule has 1 aliphatic rings. The van der Waals surface area contributed by atoms with E-state index in [4.69, 9.17) is 9.05 Å². The lowest BCUT2D eigenvalue weighted by atomic mass is 9.77. The van der Waals surface area contributed by atoms with Crippen molar-refractivity contribution in [2.24, 2.45) is 0 Å². The summed E-state index contributed by atoms with van der Waals surface area (Å²) in [5, 5.41) is 3.62. The van der Waals surface area contributed by atoms with Crippen LogP contribution in [0.2, 0.25) is 0 Å². The number of aryl methyl sites for hydroxylation is 18. The minimum absolute atomic E-state index is 0.282. The summed E-state index contributed by atoms with van der Waals surface area (Å²) in [4.78, 5) is 13.2. The van der Waals surface area contributed by atoms with E-state index in [0.29, 0.717) is 22.3 Å². The minimum atomic E-state index is -5.15. The van der Waals surface area contributed by atoms with Gasteiger partial charge in [-0.3, -0.25) is 4.89 Å². The highest BCUT2D eigenvalue weighted by Crippen LogP contribution is 2.64. The maximum Gasteiger partial charge on any atom is 0.584 e. The molecule has 454 valence electrons. The van der Waals surface area contributed by atoms with Crippen LogP contribution in [0.3, 0.4) is 0 Å². The summed E-state index contributed by atoms with van der Waals surface area (Å²) < 4.78 is 30.4. The van der Waals surface area contributed by atoms with Crippen LogP contribution in [-0.2, 0) is 4.57 Å². The van der Waals surface area contributed by atoms with Crippen molar-refractivity contribution < 1.29 is 18.5 Å². The van der Waals surface area contributed by atoms with Crippen LogP contribution >= 0.6 is 7.82 Å². The van der Waals surface area contributed by atoms with Gasteiger partial charge in [0.15, 0.2) is 0 Å². The van der Waals surface area contributed by atoms with E-state index in [2.05, 4.69) is 282 Å². The quantitative estimate of drug-likeness (QED) is 0.154. The molecule has 5 heteroatoms. The molecule has 0 aliphatic carbocycles. The average Bonchev–Trinajstić information content (AvgIpc) is 1.70. The molecule has 4 nitrogen and oxygen atoms in total. The van der Waals surface area contributed by atoms with Crippen LogP contribution in [0.25, 0.3) is 122 Å². The zero-order chi connectivity index (χ0) is 64.5. The Morgan fingerprint density at radius 3 is 0.714 bits per heavy atom. The third-order valence-electron chi connectivity index (χ3n) is 19.2. The van der Waals surface area contributed by atoms with Crippen molar-refractivity contribution in [2.45, 2.75) is 125 Å². The van der Waals surface area contributed by atoms with Crippen LogP contribution in [0.15, 0.2) is 158 Å². The maximum atomic E-state index is 16.2. The Balaban J connectivity index is 1.26. The van der Waals surface area contributed by atoms with E-state index in [1.54, 1.807) is 0 Å². The molecule has 1 heterocycles. The van der Waals surface area contributed by atoms with Crippen molar-refractivity contribution in [1.82, 2.24) is 0 Å². The van der Waals surface area contributed by atoms with Gasteiger partial charge in [-0.05, 0) is 316 Å². The first-order chi connectivity index (χ1) is 43.2. The Bertz CT molecular complexity index is 4570. The third-order valence-corrected chi connectivity index (χ3v) is 20.0. The fourth-order valence-electron chi connectivity index (χ4n) is 16.6. The molecule has 0 saturated carbocycles. The second-order valence-electron chi connectivity index (χ2n) is 26.9. The Hall–Kier alpha value is -9.05. The molecule has 1 N–H and O–H groups in total.